The summed E-state index contributed by atoms with van der Waals surface area (Å²) in [6.07, 6.45) is -9.47. The number of benzene rings is 2. The van der Waals surface area contributed by atoms with Gasteiger partial charge in [-0.3, -0.25) is 14.4 Å². The van der Waals surface area contributed by atoms with Crippen LogP contribution in [0, 0.1) is 0 Å². The highest BCUT2D eigenvalue weighted by Gasteiger charge is 2.45. The van der Waals surface area contributed by atoms with Gasteiger partial charge in [-0.25, -0.2) is 0 Å². The molecule has 2 aromatic carbocycles. The van der Waals surface area contributed by atoms with Crippen LogP contribution >= 0.6 is 0 Å². The second-order valence-electron chi connectivity index (χ2n) is 8.22. The molecule has 0 bridgehead atoms. The standard InChI is InChI=1S/C24H22O13/c25-11-3-1-10(2-4-11)14-7-13(27)20-15(35-14)5-12(26)6-16(20)36-24-23(33)22(32)21(31)17(37-24)9-34-19(30)8-18(28)29/h1-7,17,21-26,31-33H,8-9H2,(H,28,29)/t17-,21-,22+,23-,24-/m1/s1. The molecule has 1 aliphatic rings. The second kappa shape index (κ2) is 10.4. The van der Waals surface area contributed by atoms with E-state index in [4.69, 9.17) is 23.7 Å². The van der Waals surface area contributed by atoms with E-state index in [1.54, 1.807) is 0 Å². The minimum atomic E-state index is -1.83. The van der Waals surface area contributed by atoms with Crippen LogP contribution in [0.15, 0.2) is 51.7 Å². The molecule has 37 heavy (non-hydrogen) atoms. The SMILES string of the molecule is O=C(O)CC(=O)OC[C@H]1O[C@@H](Oc2cc(O)cc3oc(-c4ccc(O)cc4)cc(=O)c23)[C@H](O)[C@@H](O)[C@@H]1O. The molecule has 6 N–H and O–H groups in total. The third-order valence-corrected chi connectivity index (χ3v) is 5.55. The zero-order chi connectivity index (χ0) is 26.9. The summed E-state index contributed by atoms with van der Waals surface area (Å²) in [6.45, 7) is -0.671. The van der Waals surface area contributed by atoms with Gasteiger partial charge in [0.05, 0.1) is 0 Å². The van der Waals surface area contributed by atoms with Crippen molar-refractivity contribution in [3.63, 3.8) is 0 Å². The Labute approximate surface area is 207 Å². The molecule has 13 heteroatoms. The number of aromatic hydroxyl groups is 2. The first-order valence-electron chi connectivity index (χ1n) is 10.9. The van der Waals surface area contributed by atoms with E-state index in [1.807, 2.05) is 0 Å². The van der Waals surface area contributed by atoms with Crippen LogP contribution in [-0.2, 0) is 19.1 Å². The maximum absolute atomic E-state index is 13.0. The molecule has 1 aromatic heterocycles. The van der Waals surface area contributed by atoms with Crippen LogP contribution < -0.4 is 10.2 Å². The van der Waals surface area contributed by atoms with Crippen LogP contribution in [0.2, 0.25) is 0 Å². The maximum atomic E-state index is 13.0. The molecule has 1 fully saturated rings. The number of aliphatic hydroxyl groups excluding tert-OH is 3. The minimum Gasteiger partial charge on any atom is -0.508 e. The number of ether oxygens (including phenoxy) is 3. The summed E-state index contributed by atoms with van der Waals surface area (Å²) in [6, 6.07) is 9.19. The van der Waals surface area contributed by atoms with Gasteiger partial charge in [-0.05, 0) is 24.3 Å². The van der Waals surface area contributed by atoms with Gasteiger partial charge in [0.1, 0.15) is 71.4 Å². The largest absolute Gasteiger partial charge is 0.508 e. The summed E-state index contributed by atoms with van der Waals surface area (Å²) >= 11 is 0. The summed E-state index contributed by atoms with van der Waals surface area (Å²) in [5, 5.41) is 59.0. The summed E-state index contributed by atoms with van der Waals surface area (Å²) in [4.78, 5) is 35.1. The molecule has 1 aliphatic heterocycles. The zero-order valence-electron chi connectivity index (χ0n) is 18.9. The fourth-order valence-corrected chi connectivity index (χ4v) is 3.73. The Morgan fingerprint density at radius 3 is 2.30 bits per heavy atom. The van der Waals surface area contributed by atoms with E-state index >= 15 is 0 Å². The highest BCUT2D eigenvalue weighted by atomic mass is 16.7. The third-order valence-electron chi connectivity index (χ3n) is 5.55. The van der Waals surface area contributed by atoms with Crippen molar-refractivity contribution in [1.82, 2.24) is 0 Å². The molecule has 0 radical (unpaired) electrons. The Bertz CT molecular complexity index is 1360. The predicted molar refractivity (Wildman–Crippen MR) is 122 cm³/mol. The van der Waals surface area contributed by atoms with Crippen molar-refractivity contribution in [2.75, 3.05) is 6.61 Å². The van der Waals surface area contributed by atoms with E-state index in [2.05, 4.69) is 0 Å². The number of hydrogen-bond donors (Lipinski definition) is 6. The van der Waals surface area contributed by atoms with Gasteiger partial charge >= 0.3 is 11.9 Å². The van der Waals surface area contributed by atoms with Gasteiger partial charge in [0.2, 0.25) is 6.29 Å². The first kappa shape index (κ1) is 25.9. The highest BCUT2D eigenvalue weighted by molar-refractivity contribution is 5.90. The van der Waals surface area contributed by atoms with E-state index in [0.717, 1.165) is 18.2 Å². The van der Waals surface area contributed by atoms with Crippen LogP contribution in [0.3, 0.4) is 0 Å². The van der Waals surface area contributed by atoms with Crippen molar-refractivity contribution in [1.29, 1.82) is 0 Å². The van der Waals surface area contributed by atoms with Crippen LogP contribution in [0.1, 0.15) is 6.42 Å². The van der Waals surface area contributed by atoms with Crippen LogP contribution in [0.5, 0.6) is 17.2 Å². The van der Waals surface area contributed by atoms with Gasteiger partial charge in [-0.15, -0.1) is 0 Å². The number of carboxylic acid groups (broad SMARTS) is 1. The van der Waals surface area contributed by atoms with Gasteiger partial charge in [0.25, 0.3) is 0 Å². The maximum Gasteiger partial charge on any atom is 0.317 e. The minimum absolute atomic E-state index is 0.00789. The summed E-state index contributed by atoms with van der Waals surface area (Å²) in [7, 11) is 0. The monoisotopic (exact) mass is 518 g/mol. The van der Waals surface area contributed by atoms with Gasteiger partial charge in [-0.1, -0.05) is 0 Å². The normalized spacial score (nSPS) is 23.5. The molecule has 0 saturated carbocycles. The molecule has 2 heterocycles. The molecule has 13 nitrogen and oxygen atoms in total. The first-order chi connectivity index (χ1) is 17.5. The Morgan fingerprint density at radius 1 is 0.919 bits per heavy atom. The van der Waals surface area contributed by atoms with Gasteiger partial charge < -0.3 is 49.3 Å². The molecular weight excluding hydrogens is 496 g/mol. The molecule has 0 amide bonds. The van der Waals surface area contributed by atoms with Crippen molar-refractivity contribution in [2.24, 2.45) is 0 Å². The van der Waals surface area contributed by atoms with E-state index < -0.39 is 61.1 Å². The van der Waals surface area contributed by atoms with E-state index in [9.17, 15) is 39.9 Å². The van der Waals surface area contributed by atoms with Crippen molar-refractivity contribution >= 4 is 22.9 Å². The Balaban J connectivity index is 1.62. The van der Waals surface area contributed by atoms with Crippen molar-refractivity contribution in [3.8, 4) is 28.6 Å². The lowest BCUT2D eigenvalue weighted by Crippen LogP contribution is -2.60. The average Bonchev–Trinajstić information content (AvgIpc) is 2.83. The number of aliphatic hydroxyl groups is 3. The molecule has 3 aromatic rings. The number of carbonyl (C=O) groups is 2. The van der Waals surface area contributed by atoms with Crippen LogP contribution in [0.4, 0.5) is 0 Å². The smallest absolute Gasteiger partial charge is 0.317 e. The number of fused-ring (bicyclic) bond motifs is 1. The van der Waals surface area contributed by atoms with Gasteiger partial charge in [0, 0.05) is 23.8 Å². The summed E-state index contributed by atoms with van der Waals surface area (Å²) in [5.41, 5.74) is -0.217. The lowest BCUT2D eigenvalue weighted by atomic mass is 9.99. The number of aliphatic carboxylic acids is 1. The number of carbonyl (C=O) groups excluding carboxylic acids is 1. The molecule has 0 spiro atoms. The fraction of sp³-hybridized carbons (Fsp3) is 0.292. The summed E-state index contributed by atoms with van der Waals surface area (Å²) in [5.74, 6) is -3.08. The van der Waals surface area contributed by atoms with Crippen LogP contribution in [-0.4, -0.2) is 79.9 Å². The number of phenols is 2. The highest BCUT2D eigenvalue weighted by Crippen LogP contribution is 2.34. The van der Waals surface area contributed by atoms with Crippen molar-refractivity contribution in [3.05, 3.63) is 52.7 Å². The number of hydrogen-bond acceptors (Lipinski definition) is 12. The number of esters is 1. The van der Waals surface area contributed by atoms with Crippen LogP contribution in [0.25, 0.3) is 22.3 Å². The van der Waals surface area contributed by atoms with E-state index in [0.29, 0.717) is 5.56 Å². The first-order valence-corrected chi connectivity index (χ1v) is 10.9. The van der Waals surface area contributed by atoms with Gasteiger partial charge in [0.15, 0.2) is 5.43 Å². The second-order valence-corrected chi connectivity index (χ2v) is 8.22. The Kier molecular flexibility index (Phi) is 7.31. The molecule has 0 unspecified atom stereocenters. The molecule has 196 valence electrons. The Morgan fingerprint density at radius 2 is 1.62 bits per heavy atom. The molecule has 4 rings (SSSR count). The molecule has 1 saturated heterocycles. The lowest BCUT2D eigenvalue weighted by Gasteiger charge is -2.39. The average molecular weight is 518 g/mol. The molecule has 5 atom stereocenters. The van der Waals surface area contributed by atoms with Gasteiger partial charge in [-0.2, -0.15) is 0 Å². The topological polar surface area (TPSA) is 213 Å². The summed E-state index contributed by atoms with van der Waals surface area (Å²) < 4.78 is 21.5. The lowest BCUT2D eigenvalue weighted by molar-refractivity contribution is -0.278. The third kappa shape index (κ3) is 5.65. The van der Waals surface area contributed by atoms with Crippen molar-refractivity contribution in [2.45, 2.75) is 37.1 Å². The fourth-order valence-electron chi connectivity index (χ4n) is 3.73. The van der Waals surface area contributed by atoms with Crippen molar-refractivity contribution < 1.29 is 58.9 Å². The molecular formula is C24H22O13. The quantitative estimate of drug-likeness (QED) is 0.181. The van der Waals surface area contributed by atoms with E-state index in [-0.39, 0.29) is 34.0 Å². The zero-order valence-corrected chi connectivity index (χ0v) is 18.9. The predicted octanol–water partition coefficient (Wildman–Crippen LogP) is 0.0755. The Hall–Kier alpha value is -4.17. The van der Waals surface area contributed by atoms with E-state index in [1.165, 1.54) is 24.3 Å². The number of phenolic OH excluding ortho intramolecular Hbond substituents is 2. The number of rotatable bonds is 7. The number of carboxylic acids is 1. The molecule has 0 aliphatic carbocycles.